The molecule has 22 heavy (non-hydrogen) atoms. The van der Waals surface area contributed by atoms with Gasteiger partial charge < -0.3 is 5.73 Å². The van der Waals surface area contributed by atoms with E-state index in [4.69, 9.17) is 5.73 Å². The van der Waals surface area contributed by atoms with Crippen LogP contribution in [-0.4, -0.2) is 36.0 Å². The van der Waals surface area contributed by atoms with Crippen LogP contribution in [0.4, 0.5) is 0 Å². The summed E-state index contributed by atoms with van der Waals surface area (Å²) < 4.78 is 52.3. The van der Waals surface area contributed by atoms with Gasteiger partial charge in [0.15, 0.2) is 0 Å². The number of aryl methyl sites for hydroxylation is 1. The molecule has 0 atom stereocenters. The summed E-state index contributed by atoms with van der Waals surface area (Å²) in [6.45, 7) is 5.01. The van der Waals surface area contributed by atoms with Crippen molar-refractivity contribution in [3.8, 4) is 0 Å². The van der Waals surface area contributed by atoms with Gasteiger partial charge in [-0.25, -0.2) is 26.3 Å². The molecule has 4 N–H and O–H groups in total. The van der Waals surface area contributed by atoms with Gasteiger partial charge in [0.25, 0.3) is 0 Å². The highest BCUT2D eigenvalue weighted by atomic mass is 35.5. The van der Waals surface area contributed by atoms with Gasteiger partial charge >= 0.3 is 0 Å². The van der Waals surface area contributed by atoms with Gasteiger partial charge in [-0.2, -0.15) is 0 Å². The number of nitrogens with two attached hydrogens (primary N) is 1. The number of rotatable bonds is 6. The topological polar surface area (TPSA) is 118 Å². The summed E-state index contributed by atoms with van der Waals surface area (Å²) in [5.41, 5.74) is 5.40. The first kappa shape index (κ1) is 21.3. The highest BCUT2D eigenvalue weighted by Gasteiger charge is 2.21. The Kier molecular flexibility index (Phi) is 7.01. The minimum Gasteiger partial charge on any atom is -0.324 e. The fraction of sp³-hybridized carbons (Fsp3) is 0.500. The molecule has 0 spiro atoms. The number of halogens is 1. The number of hydrogen-bond donors (Lipinski definition) is 3. The minimum absolute atomic E-state index is 0. The Labute approximate surface area is 138 Å². The average molecular weight is 372 g/mol. The third-order valence-electron chi connectivity index (χ3n) is 2.73. The molecule has 1 aromatic rings. The van der Waals surface area contributed by atoms with E-state index in [1.165, 1.54) is 32.2 Å². The van der Waals surface area contributed by atoms with E-state index in [1.807, 2.05) is 0 Å². The number of sulfonamides is 2. The number of hydrogen-bond acceptors (Lipinski definition) is 5. The van der Waals surface area contributed by atoms with Crippen LogP contribution in [0.25, 0.3) is 0 Å². The van der Waals surface area contributed by atoms with Crippen LogP contribution in [0.2, 0.25) is 0 Å². The maximum atomic E-state index is 12.1. The molecule has 0 heterocycles. The van der Waals surface area contributed by atoms with Crippen molar-refractivity contribution in [1.29, 1.82) is 0 Å². The largest absolute Gasteiger partial charge is 0.324 e. The Balaban J connectivity index is 0.00000441. The van der Waals surface area contributed by atoms with E-state index >= 15 is 0 Å². The zero-order chi connectivity index (χ0) is 16.5. The molecule has 7 nitrogen and oxygen atoms in total. The predicted molar refractivity (Wildman–Crippen MR) is 88.1 cm³/mol. The molecule has 0 unspecified atom stereocenters. The van der Waals surface area contributed by atoms with E-state index in [9.17, 15) is 16.8 Å². The summed E-state index contributed by atoms with van der Waals surface area (Å²) in [4.78, 5) is 0.0439. The molecule has 10 heteroatoms. The molecule has 0 aromatic heterocycles. The van der Waals surface area contributed by atoms with Crippen molar-refractivity contribution in [2.75, 3.05) is 13.6 Å². The van der Waals surface area contributed by atoms with Crippen molar-refractivity contribution >= 4 is 32.5 Å². The second-order valence-corrected chi connectivity index (χ2v) is 9.07. The van der Waals surface area contributed by atoms with Gasteiger partial charge in [0, 0.05) is 12.1 Å². The molecule has 0 bridgehead atoms. The lowest BCUT2D eigenvalue weighted by molar-refractivity contribution is 0.498. The van der Waals surface area contributed by atoms with Crippen LogP contribution in [0.15, 0.2) is 28.0 Å². The van der Waals surface area contributed by atoms with Crippen LogP contribution in [0.3, 0.4) is 0 Å². The molecule has 0 aliphatic heterocycles. The van der Waals surface area contributed by atoms with Crippen LogP contribution in [0.5, 0.6) is 0 Å². The predicted octanol–water partition coefficient (Wildman–Crippen LogP) is 0.341. The second kappa shape index (κ2) is 7.24. The van der Waals surface area contributed by atoms with Gasteiger partial charge in [-0.05, 0) is 51.6 Å². The molecule has 0 aliphatic rings. The lowest BCUT2D eigenvalue weighted by atomic mass is 10.1. The molecule has 128 valence electrons. The van der Waals surface area contributed by atoms with Crippen LogP contribution in [0, 0.1) is 6.92 Å². The third kappa shape index (κ3) is 5.49. The number of nitrogens with one attached hydrogen (secondary N) is 2. The highest BCUT2D eigenvalue weighted by Crippen LogP contribution is 2.19. The van der Waals surface area contributed by atoms with E-state index in [-0.39, 0.29) is 28.7 Å². The Morgan fingerprint density at radius 3 is 2.09 bits per heavy atom. The Morgan fingerprint density at radius 1 is 1.14 bits per heavy atom. The first-order valence-corrected chi connectivity index (χ1v) is 9.18. The summed E-state index contributed by atoms with van der Waals surface area (Å²) in [5.74, 6) is 0. The smallest absolute Gasteiger partial charge is 0.240 e. The average Bonchev–Trinajstić information content (AvgIpc) is 2.35. The maximum Gasteiger partial charge on any atom is 0.240 e. The Hall–Kier alpha value is -0.710. The second-order valence-electron chi connectivity index (χ2n) is 5.45. The molecule has 0 radical (unpaired) electrons. The van der Waals surface area contributed by atoms with Crippen molar-refractivity contribution in [3.63, 3.8) is 0 Å². The molecule has 0 fully saturated rings. The number of benzene rings is 1. The summed E-state index contributed by atoms with van der Waals surface area (Å²) in [6.07, 6.45) is 0. The van der Waals surface area contributed by atoms with E-state index in [0.29, 0.717) is 5.56 Å². The van der Waals surface area contributed by atoms with Crippen LogP contribution >= 0.6 is 12.4 Å². The van der Waals surface area contributed by atoms with Crippen molar-refractivity contribution in [2.45, 2.75) is 36.1 Å². The lowest BCUT2D eigenvalue weighted by Gasteiger charge is -2.19. The maximum absolute atomic E-state index is 12.1. The highest BCUT2D eigenvalue weighted by molar-refractivity contribution is 7.90. The SMILES string of the molecule is CNS(=O)(=O)c1ccc(S(=O)(=O)NCC(C)(C)N)cc1C.Cl. The van der Waals surface area contributed by atoms with Crippen molar-refractivity contribution < 1.29 is 16.8 Å². The first-order valence-electron chi connectivity index (χ1n) is 6.22. The molecule has 0 saturated carbocycles. The quantitative estimate of drug-likeness (QED) is 0.666. The molecular formula is C12H22ClN3O4S2. The summed E-state index contributed by atoms with van der Waals surface area (Å²) in [5, 5.41) is 0. The van der Waals surface area contributed by atoms with E-state index in [1.54, 1.807) is 13.8 Å². The van der Waals surface area contributed by atoms with Crippen molar-refractivity contribution in [2.24, 2.45) is 5.73 Å². The first-order chi connectivity index (χ1) is 9.39. The fourth-order valence-corrected chi connectivity index (χ4v) is 3.82. The van der Waals surface area contributed by atoms with Crippen LogP contribution in [-0.2, 0) is 20.0 Å². The van der Waals surface area contributed by atoms with E-state index in [0.717, 1.165) is 0 Å². The summed E-state index contributed by atoms with van der Waals surface area (Å²) in [6, 6.07) is 3.84. The van der Waals surface area contributed by atoms with Gasteiger partial charge in [-0.15, -0.1) is 12.4 Å². The fourth-order valence-electron chi connectivity index (χ4n) is 1.56. The summed E-state index contributed by atoms with van der Waals surface area (Å²) >= 11 is 0. The van der Waals surface area contributed by atoms with Gasteiger partial charge in [0.2, 0.25) is 20.0 Å². The molecule has 0 saturated heterocycles. The zero-order valence-corrected chi connectivity index (χ0v) is 15.3. The lowest BCUT2D eigenvalue weighted by Crippen LogP contribution is -2.45. The van der Waals surface area contributed by atoms with Gasteiger partial charge in [0.05, 0.1) is 9.79 Å². The molecular weight excluding hydrogens is 350 g/mol. The summed E-state index contributed by atoms with van der Waals surface area (Å²) in [7, 11) is -6.05. The Morgan fingerprint density at radius 2 is 1.68 bits per heavy atom. The molecule has 0 amide bonds. The monoisotopic (exact) mass is 371 g/mol. The third-order valence-corrected chi connectivity index (χ3v) is 5.71. The zero-order valence-electron chi connectivity index (χ0n) is 12.9. The van der Waals surface area contributed by atoms with Gasteiger partial charge in [-0.3, -0.25) is 0 Å². The molecule has 0 aliphatic carbocycles. The van der Waals surface area contributed by atoms with E-state index in [2.05, 4.69) is 9.44 Å². The van der Waals surface area contributed by atoms with Gasteiger partial charge in [-0.1, -0.05) is 0 Å². The normalized spacial score (nSPS) is 12.8. The minimum atomic E-state index is -3.73. The van der Waals surface area contributed by atoms with E-state index < -0.39 is 25.6 Å². The molecule has 1 aromatic carbocycles. The van der Waals surface area contributed by atoms with Gasteiger partial charge in [0.1, 0.15) is 0 Å². The Bertz CT molecular complexity index is 725. The molecule has 1 rings (SSSR count). The standard InChI is InChI=1S/C12H21N3O4S2.ClH/c1-9-7-10(5-6-11(9)21(18,19)14-4)20(16,17)15-8-12(2,3)13;/h5-7,14-15H,8,13H2,1-4H3;1H. The van der Waals surface area contributed by atoms with Crippen LogP contribution < -0.4 is 15.2 Å². The van der Waals surface area contributed by atoms with Crippen LogP contribution in [0.1, 0.15) is 19.4 Å². The van der Waals surface area contributed by atoms with Crippen molar-refractivity contribution in [1.82, 2.24) is 9.44 Å². The van der Waals surface area contributed by atoms with Crippen molar-refractivity contribution in [3.05, 3.63) is 23.8 Å².